The molecule has 2 aromatic carbocycles. The van der Waals surface area contributed by atoms with Crippen LogP contribution in [0.25, 0.3) is 0 Å². The highest BCUT2D eigenvalue weighted by Gasteiger charge is 2.35. The highest BCUT2D eigenvalue weighted by molar-refractivity contribution is 5.95. The summed E-state index contributed by atoms with van der Waals surface area (Å²) >= 11 is 0. The van der Waals surface area contributed by atoms with Crippen LogP contribution >= 0.6 is 0 Å². The highest BCUT2D eigenvalue weighted by Crippen LogP contribution is 2.31. The van der Waals surface area contributed by atoms with Crippen LogP contribution in [0.4, 0.5) is 17.6 Å². The van der Waals surface area contributed by atoms with E-state index in [2.05, 4.69) is 0 Å². The van der Waals surface area contributed by atoms with Gasteiger partial charge in [-0.3, -0.25) is 14.8 Å². The molecule has 1 aliphatic rings. The number of hydroxylamine groups is 1. The number of nitrogens with zero attached hydrogens (tertiary/aromatic N) is 1. The van der Waals surface area contributed by atoms with E-state index >= 15 is 0 Å². The Labute approximate surface area is 151 Å². The van der Waals surface area contributed by atoms with Gasteiger partial charge >= 0.3 is 0 Å². The fourth-order valence-corrected chi connectivity index (χ4v) is 2.66. The van der Waals surface area contributed by atoms with E-state index in [0.717, 1.165) is 0 Å². The van der Waals surface area contributed by atoms with Crippen molar-refractivity contribution in [3.05, 3.63) is 70.3 Å². The number of benzene rings is 2. The van der Waals surface area contributed by atoms with Gasteiger partial charge in [0.25, 0.3) is 11.8 Å². The Hall–Kier alpha value is -2.94. The van der Waals surface area contributed by atoms with Crippen LogP contribution in [0.1, 0.15) is 39.1 Å². The van der Waals surface area contributed by atoms with Crippen LogP contribution in [0.5, 0.6) is 0 Å². The van der Waals surface area contributed by atoms with E-state index in [1.54, 1.807) is 0 Å². The normalized spacial score (nSPS) is 13.4. The van der Waals surface area contributed by atoms with E-state index < -0.39 is 40.6 Å². The predicted octanol–water partition coefficient (Wildman–Crippen LogP) is 3.17. The summed E-state index contributed by atoms with van der Waals surface area (Å²) in [6.07, 6.45) is 1.29. The summed E-state index contributed by atoms with van der Waals surface area (Å²) < 4.78 is 54.0. The average molecular weight is 382 g/mol. The number of carbonyl (C=O) groups excluding carboxylic acids is 2. The van der Waals surface area contributed by atoms with Crippen LogP contribution < -0.4 is 5.48 Å². The Morgan fingerprint density at radius 3 is 2.22 bits per heavy atom. The van der Waals surface area contributed by atoms with Gasteiger partial charge in [0, 0.05) is 18.2 Å². The minimum atomic E-state index is -2.03. The average Bonchev–Trinajstić information content (AvgIpc) is 3.51. The van der Waals surface area contributed by atoms with Crippen molar-refractivity contribution in [3.63, 3.8) is 0 Å². The summed E-state index contributed by atoms with van der Waals surface area (Å²) in [5, 5.41) is 8.60. The minimum Gasteiger partial charge on any atom is -0.331 e. The third kappa shape index (κ3) is 3.77. The quantitative estimate of drug-likeness (QED) is 0.274. The fraction of sp³-hybridized carbons (Fsp3) is 0.222. The largest absolute Gasteiger partial charge is 0.331 e. The lowest BCUT2D eigenvalue weighted by Gasteiger charge is -2.23. The Balaban J connectivity index is 1.86. The number of carbonyl (C=O) groups is 2. The SMILES string of the molecule is O=C(NO)c1ccc(CN(C(=O)c2cc(F)c(F)c(F)c2F)C2CC2)cc1. The number of hydrogen-bond acceptors (Lipinski definition) is 3. The van der Waals surface area contributed by atoms with Crippen molar-refractivity contribution < 1.29 is 32.4 Å². The third-order valence-electron chi connectivity index (χ3n) is 4.25. The van der Waals surface area contributed by atoms with Gasteiger partial charge in [0.1, 0.15) is 0 Å². The monoisotopic (exact) mass is 382 g/mol. The van der Waals surface area contributed by atoms with Gasteiger partial charge in [0.15, 0.2) is 23.3 Å². The second-order valence-corrected chi connectivity index (χ2v) is 6.15. The zero-order chi connectivity index (χ0) is 19.7. The number of hydrogen-bond donors (Lipinski definition) is 2. The highest BCUT2D eigenvalue weighted by atomic mass is 19.2. The van der Waals surface area contributed by atoms with E-state index in [9.17, 15) is 27.2 Å². The molecule has 142 valence electrons. The lowest BCUT2D eigenvalue weighted by Crippen LogP contribution is -2.33. The molecule has 0 aromatic heterocycles. The van der Waals surface area contributed by atoms with Gasteiger partial charge in [-0.15, -0.1) is 0 Å². The zero-order valence-corrected chi connectivity index (χ0v) is 13.8. The molecular formula is C18H14F4N2O3. The molecule has 2 aromatic rings. The van der Waals surface area contributed by atoms with Crippen LogP contribution in [0.15, 0.2) is 30.3 Å². The first-order valence-electron chi connectivity index (χ1n) is 8.00. The maximum absolute atomic E-state index is 14.0. The molecule has 1 saturated carbocycles. The molecule has 0 spiro atoms. The van der Waals surface area contributed by atoms with Crippen molar-refractivity contribution in [2.75, 3.05) is 0 Å². The van der Waals surface area contributed by atoms with Crippen LogP contribution in [0.3, 0.4) is 0 Å². The molecule has 1 aliphatic carbocycles. The molecule has 0 radical (unpaired) electrons. The van der Waals surface area contributed by atoms with Crippen LogP contribution in [-0.2, 0) is 6.54 Å². The summed E-state index contributed by atoms with van der Waals surface area (Å²) in [6.45, 7) is 0.00454. The number of amides is 2. The van der Waals surface area contributed by atoms with Crippen LogP contribution in [-0.4, -0.2) is 28.0 Å². The third-order valence-corrected chi connectivity index (χ3v) is 4.25. The summed E-state index contributed by atoms with van der Waals surface area (Å²) in [4.78, 5) is 25.2. The van der Waals surface area contributed by atoms with Crippen molar-refractivity contribution in [2.24, 2.45) is 0 Å². The maximum Gasteiger partial charge on any atom is 0.274 e. The first kappa shape index (κ1) is 18.8. The second-order valence-electron chi connectivity index (χ2n) is 6.15. The molecule has 0 aliphatic heterocycles. The number of nitrogens with one attached hydrogen (secondary N) is 1. The summed E-state index contributed by atoms with van der Waals surface area (Å²) in [6, 6.07) is 5.99. The summed E-state index contributed by atoms with van der Waals surface area (Å²) in [5.41, 5.74) is 1.36. The first-order valence-corrected chi connectivity index (χ1v) is 8.00. The van der Waals surface area contributed by atoms with Crippen molar-refractivity contribution in [1.82, 2.24) is 10.4 Å². The Bertz CT molecular complexity index is 898. The molecule has 9 heteroatoms. The van der Waals surface area contributed by atoms with Gasteiger partial charge in [0.2, 0.25) is 0 Å². The first-order chi connectivity index (χ1) is 12.8. The standard InChI is InChI=1S/C18H14F4N2O3/c19-13-7-12(14(20)16(22)15(13)21)18(26)24(11-5-6-11)8-9-1-3-10(4-2-9)17(25)23-27/h1-4,7,11,27H,5-6,8H2,(H,23,25). The van der Waals surface area contributed by atoms with Gasteiger partial charge in [-0.1, -0.05) is 12.1 Å². The van der Waals surface area contributed by atoms with Gasteiger partial charge in [-0.05, 0) is 36.6 Å². The van der Waals surface area contributed by atoms with Gasteiger partial charge in [-0.25, -0.2) is 23.0 Å². The lowest BCUT2D eigenvalue weighted by atomic mass is 10.1. The minimum absolute atomic E-state index is 0.00454. The van der Waals surface area contributed by atoms with Gasteiger partial charge < -0.3 is 4.90 Å². The second kappa shape index (κ2) is 7.36. The van der Waals surface area contributed by atoms with Gasteiger partial charge in [-0.2, -0.15) is 0 Å². The van der Waals surface area contributed by atoms with Crippen molar-refractivity contribution in [3.8, 4) is 0 Å². The van der Waals surface area contributed by atoms with E-state index in [1.807, 2.05) is 0 Å². The predicted molar refractivity (Wildman–Crippen MR) is 84.9 cm³/mol. The molecule has 0 saturated heterocycles. The molecule has 5 nitrogen and oxygen atoms in total. The Kier molecular flexibility index (Phi) is 5.13. The van der Waals surface area contributed by atoms with Gasteiger partial charge in [0.05, 0.1) is 5.56 Å². The lowest BCUT2D eigenvalue weighted by molar-refractivity contribution is 0.0703. The van der Waals surface area contributed by atoms with E-state index in [4.69, 9.17) is 5.21 Å². The van der Waals surface area contributed by atoms with E-state index in [1.165, 1.54) is 34.6 Å². The molecule has 0 atom stereocenters. The zero-order valence-electron chi connectivity index (χ0n) is 13.8. The Morgan fingerprint density at radius 2 is 1.67 bits per heavy atom. The summed E-state index contributed by atoms with van der Waals surface area (Å²) in [7, 11) is 0. The Morgan fingerprint density at radius 1 is 1.04 bits per heavy atom. The summed E-state index contributed by atoms with van der Waals surface area (Å²) in [5.74, 6) is -9.05. The molecule has 1 fully saturated rings. The molecule has 0 unspecified atom stereocenters. The molecule has 2 amide bonds. The number of rotatable bonds is 5. The molecule has 2 N–H and O–H groups in total. The molecule has 0 bridgehead atoms. The molecule has 0 heterocycles. The molecular weight excluding hydrogens is 368 g/mol. The topological polar surface area (TPSA) is 69.6 Å². The van der Waals surface area contributed by atoms with Crippen molar-refractivity contribution >= 4 is 11.8 Å². The molecule has 3 rings (SSSR count). The maximum atomic E-state index is 14.0. The van der Waals surface area contributed by atoms with Crippen molar-refractivity contribution in [1.29, 1.82) is 0 Å². The van der Waals surface area contributed by atoms with Crippen LogP contribution in [0, 0.1) is 23.3 Å². The van der Waals surface area contributed by atoms with Crippen molar-refractivity contribution in [2.45, 2.75) is 25.4 Å². The van der Waals surface area contributed by atoms with E-state index in [-0.39, 0.29) is 18.2 Å². The smallest absolute Gasteiger partial charge is 0.274 e. The molecule has 27 heavy (non-hydrogen) atoms. The number of halogens is 4. The van der Waals surface area contributed by atoms with Crippen LogP contribution in [0.2, 0.25) is 0 Å². The van der Waals surface area contributed by atoms with E-state index in [0.29, 0.717) is 24.5 Å². The fourth-order valence-electron chi connectivity index (χ4n) is 2.66.